The Kier molecular flexibility index (Phi) is 5.97. The lowest BCUT2D eigenvalue weighted by Crippen LogP contribution is -2.32. The van der Waals surface area contributed by atoms with Gasteiger partial charge in [-0.15, -0.1) is 0 Å². The van der Waals surface area contributed by atoms with Crippen LogP contribution in [0.25, 0.3) is 0 Å². The van der Waals surface area contributed by atoms with Crippen molar-refractivity contribution in [1.82, 2.24) is 5.32 Å². The minimum Gasteiger partial charge on any atom is -0.349 e. The zero-order chi connectivity index (χ0) is 13.7. The highest BCUT2D eigenvalue weighted by Gasteiger charge is 2.17. The van der Waals surface area contributed by atoms with Gasteiger partial charge in [-0.3, -0.25) is 4.79 Å². The smallest absolute Gasteiger partial charge is 0.223 e. The summed E-state index contributed by atoms with van der Waals surface area (Å²) in [5.74, 6) is 0.175. The molecule has 0 saturated heterocycles. The van der Waals surface area contributed by atoms with Gasteiger partial charge in [-0.25, -0.2) is 0 Å². The number of hydrogen-bond acceptors (Lipinski definition) is 1. The Labute approximate surface area is 119 Å². The van der Waals surface area contributed by atoms with Gasteiger partial charge in [-0.1, -0.05) is 43.1 Å². The normalized spacial score (nSPS) is 12.6. The predicted molar refractivity (Wildman–Crippen MR) is 77.1 cm³/mol. The summed E-state index contributed by atoms with van der Waals surface area (Å²) in [4.78, 5) is 12.0. The second-order valence-electron chi connectivity index (χ2n) is 4.42. The molecule has 0 fully saturated rings. The highest BCUT2D eigenvalue weighted by Crippen LogP contribution is 2.25. The van der Waals surface area contributed by atoms with Crippen LogP contribution in [0.15, 0.2) is 18.2 Å². The fourth-order valence-corrected chi connectivity index (χ4v) is 2.16. The molecule has 4 heteroatoms. The van der Waals surface area contributed by atoms with E-state index in [1.807, 2.05) is 26.8 Å². The molecular weight excluding hydrogens is 269 g/mol. The molecule has 1 aromatic rings. The quantitative estimate of drug-likeness (QED) is 0.842. The summed E-state index contributed by atoms with van der Waals surface area (Å²) < 4.78 is 0. The van der Waals surface area contributed by atoms with Gasteiger partial charge in [0.25, 0.3) is 0 Å². The zero-order valence-electron chi connectivity index (χ0n) is 11.0. The Morgan fingerprint density at radius 1 is 1.22 bits per heavy atom. The first-order chi connectivity index (χ1) is 8.49. The molecule has 0 aliphatic carbocycles. The number of carbonyl (C=O) groups excluding carboxylic acids is 1. The van der Waals surface area contributed by atoms with Crippen molar-refractivity contribution < 1.29 is 4.79 Å². The molecule has 0 radical (unpaired) electrons. The molecule has 1 N–H and O–H groups in total. The summed E-state index contributed by atoms with van der Waals surface area (Å²) >= 11 is 11.8. The molecule has 0 aromatic heterocycles. The van der Waals surface area contributed by atoms with Crippen LogP contribution in [0.1, 0.15) is 45.2 Å². The van der Waals surface area contributed by atoms with Gasteiger partial charge in [0, 0.05) is 5.92 Å². The highest BCUT2D eigenvalue weighted by molar-refractivity contribution is 6.42. The van der Waals surface area contributed by atoms with E-state index < -0.39 is 0 Å². The summed E-state index contributed by atoms with van der Waals surface area (Å²) in [7, 11) is 0. The predicted octanol–water partition coefficient (Wildman–Crippen LogP) is 4.61. The van der Waals surface area contributed by atoms with Crippen molar-refractivity contribution in [3.05, 3.63) is 33.8 Å². The summed E-state index contributed by atoms with van der Waals surface area (Å²) in [6.45, 7) is 6.00. The molecule has 2 nitrogen and oxygen atoms in total. The topological polar surface area (TPSA) is 29.1 Å². The van der Waals surface area contributed by atoms with E-state index in [0.717, 1.165) is 18.4 Å². The second kappa shape index (κ2) is 7.01. The minimum atomic E-state index is -0.0622. The number of rotatable bonds is 5. The van der Waals surface area contributed by atoms with Crippen molar-refractivity contribution in [2.75, 3.05) is 0 Å². The maximum Gasteiger partial charge on any atom is 0.223 e. The van der Waals surface area contributed by atoms with Crippen LogP contribution in [0.2, 0.25) is 10.0 Å². The van der Waals surface area contributed by atoms with Gasteiger partial charge in [-0.05, 0) is 37.5 Å². The van der Waals surface area contributed by atoms with Crippen LogP contribution in [-0.4, -0.2) is 5.91 Å². The lowest BCUT2D eigenvalue weighted by Gasteiger charge is -2.19. The van der Waals surface area contributed by atoms with Crippen LogP contribution in [0, 0.1) is 5.92 Å². The van der Waals surface area contributed by atoms with E-state index in [9.17, 15) is 4.79 Å². The Morgan fingerprint density at radius 3 is 2.33 bits per heavy atom. The number of benzene rings is 1. The maximum absolute atomic E-state index is 12.0. The van der Waals surface area contributed by atoms with Crippen molar-refractivity contribution >= 4 is 29.1 Å². The molecule has 100 valence electrons. The van der Waals surface area contributed by atoms with E-state index in [1.165, 1.54) is 0 Å². The number of amides is 1. The molecule has 0 bridgehead atoms. The van der Waals surface area contributed by atoms with E-state index in [-0.39, 0.29) is 17.9 Å². The van der Waals surface area contributed by atoms with Gasteiger partial charge in [0.05, 0.1) is 16.1 Å². The largest absolute Gasteiger partial charge is 0.349 e. The first kappa shape index (κ1) is 15.3. The third kappa shape index (κ3) is 3.89. The molecular formula is C14H19Cl2NO. The lowest BCUT2D eigenvalue weighted by molar-refractivity contribution is -0.125. The van der Waals surface area contributed by atoms with E-state index in [4.69, 9.17) is 23.2 Å². The van der Waals surface area contributed by atoms with E-state index in [2.05, 4.69) is 5.32 Å². The van der Waals surface area contributed by atoms with Crippen LogP contribution >= 0.6 is 23.2 Å². The Morgan fingerprint density at radius 2 is 1.83 bits per heavy atom. The molecule has 0 saturated carbocycles. The third-order valence-corrected chi connectivity index (χ3v) is 3.90. The summed E-state index contributed by atoms with van der Waals surface area (Å²) in [5, 5.41) is 4.04. The molecule has 0 aliphatic heterocycles. The van der Waals surface area contributed by atoms with E-state index in [1.54, 1.807) is 12.1 Å². The van der Waals surface area contributed by atoms with Gasteiger partial charge in [0.1, 0.15) is 0 Å². The minimum absolute atomic E-state index is 0.0622. The van der Waals surface area contributed by atoms with Crippen molar-refractivity contribution in [2.45, 2.75) is 39.7 Å². The van der Waals surface area contributed by atoms with Crippen LogP contribution < -0.4 is 5.32 Å². The van der Waals surface area contributed by atoms with Gasteiger partial charge in [0.2, 0.25) is 5.91 Å². The van der Waals surface area contributed by atoms with Crippen LogP contribution in [-0.2, 0) is 4.79 Å². The molecule has 1 amide bonds. The number of halogens is 2. The molecule has 18 heavy (non-hydrogen) atoms. The number of nitrogens with one attached hydrogen (secondary N) is 1. The molecule has 1 unspecified atom stereocenters. The summed E-state index contributed by atoms with van der Waals surface area (Å²) in [6, 6.07) is 5.36. The Balaban J connectivity index is 2.73. The summed E-state index contributed by atoms with van der Waals surface area (Å²) in [5.41, 5.74) is 0.962. The van der Waals surface area contributed by atoms with Crippen LogP contribution in [0.3, 0.4) is 0 Å². The Hall–Kier alpha value is -0.730. The molecule has 1 aromatic carbocycles. The van der Waals surface area contributed by atoms with Gasteiger partial charge < -0.3 is 5.32 Å². The summed E-state index contributed by atoms with van der Waals surface area (Å²) in [6.07, 6.45) is 1.72. The molecule has 0 heterocycles. The van der Waals surface area contributed by atoms with Gasteiger partial charge >= 0.3 is 0 Å². The van der Waals surface area contributed by atoms with Crippen molar-refractivity contribution in [2.24, 2.45) is 5.92 Å². The van der Waals surface area contributed by atoms with Crippen molar-refractivity contribution in [1.29, 1.82) is 0 Å². The third-order valence-electron chi connectivity index (χ3n) is 3.16. The first-order valence-corrected chi connectivity index (χ1v) is 7.00. The standard InChI is InChI=1S/C14H19Cl2NO/c1-4-10(5-2)14(18)17-9(3)11-6-7-12(15)13(16)8-11/h6-10H,4-5H2,1-3H3,(H,17,18). The van der Waals surface area contributed by atoms with Gasteiger partial charge in [-0.2, -0.15) is 0 Å². The zero-order valence-corrected chi connectivity index (χ0v) is 12.5. The average molecular weight is 288 g/mol. The van der Waals surface area contributed by atoms with E-state index in [0.29, 0.717) is 10.0 Å². The van der Waals surface area contributed by atoms with Crippen molar-refractivity contribution in [3.8, 4) is 0 Å². The van der Waals surface area contributed by atoms with Gasteiger partial charge in [0.15, 0.2) is 0 Å². The first-order valence-electron chi connectivity index (χ1n) is 6.24. The van der Waals surface area contributed by atoms with Crippen LogP contribution in [0.4, 0.5) is 0 Å². The second-order valence-corrected chi connectivity index (χ2v) is 5.23. The molecule has 0 aliphatic rings. The molecule has 1 rings (SSSR count). The van der Waals surface area contributed by atoms with E-state index >= 15 is 0 Å². The SMILES string of the molecule is CCC(CC)C(=O)NC(C)c1ccc(Cl)c(Cl)c1. The fourth-order valence-electron chi connectivity index (χ4n) is 1.86. The fraction of sp³-hybridized carbons (Fsp3) is 0.500. The number of carbonyl (C=O) groups is 1. The maximum atomic E-state index is 12.0. The molecule has 0 spiro atoms. The highest BCUT2D eigenvalue weighted by atomic mass is 35.5. The van der Waals surface area contributed by atoms with Crippen LogP contribution in [0.5, 0.6) is 0 Å². The lowest BCUT2D eigenvalue weighted by atomic mass is 10.0. The monoisotopic (exact) mass is 287 g/mol. The van der Waals surface area contributed by atoms with Crippen molar-refractivity contribution in [3.63, 3.8) is 0 Å². The molecule has 1 atom stereocenters. The average Bonchev–Trinajstić information content (AvgIpc) is 2.34. The number of hydrogen-bond donors (Lipinski definition) is 1. The Bertz CT molecular complexity index is 416.